The minimum absolute atomic E-state index is 0.0121. The maximum Gasteiger partial charge on any atom is 0.338 e. The highest BCUT2D eigenvalue weighted by molar-refractivity contribution is 7.89. The van der Waals surface area contributed by atoms with Crippen LogP contribution in [0.4, 0.5) is 0 Å². The summed E-state index contributed by atoms with van der Waals surface area (Å²) in [5, 5.41) is 8.48. The van der Waals surface area contributed by atoms with Crippen molar-refractivity contribution in [2.75, 3.05) is 20.2 Å². The molecule has 1 aliphatic rings. The van der Waals surface area contributed by atoms with Crippen LogP contribution in [0.5, 0.6) is 0 Å². The molecule has 1 N–H and O–H groups in total. The van der Waals surface area contributed by atoms with E-state index >= 15 is 0 Å². The number of carbonyl (C=O) groups excluding carboxylic acids is 2. The Balaban J connectivity index is 1.87. The first-order chi connectivity index (χ1) is 13.7. The summed E-state index contributed by atoms with van der Waals surface area (Å²) in [5.41, 5.74) is 0.155. The molecule has 0 heterocycles. The molecule has 1 saturated carbocycles. The van der Waals surface area contributed by atoms with E-state index in [2.05, 4.69) is 11.6 Å². The number of nitrogens with one attached hydrogen (secondary N) is 1. The molecule has 1 aliphatic carbocycles. The van der Waals surface area contributed by atoms with Crippen molar-refractivity contribution >= 4 is 21.9 Å². The third-order valence-electron chi connectivity index (χ3n) is 5.18. The highest BCUT2D eigenvalue weighted by Crippen LogP contribution is 2.26. The second kappa shape index (κ2) is 10.4. The van der Waals surface area contributed by atoms with Gasteiger partial charge in [0.25, 0.3) is 5.91 Å². The molecule has 8 nitrogen and oxygen atoms in total. The quantitative estimate of drug-likeness (QED) is 0.507. The van der Waals surface area contributed by atoms with Gasteiger partial charge in [0.2, 0.25) is 10.0 Å². The van der Waals surface area contributed by atoms with Crippen LogP contribution in [0.15, 0.2) is 29.2 Å². The van der Waals surface area contributed by atoms with Gasteiger partial charge in [-0.1, -0.05) is 6.92 Å². The number of likely N-dealkylation sites (N-methyl/N-ethyl adjacent to an activating group) is 1. The van der Waals surface area contributed by atoms with Gasteiger partial charge in [-0.3, -0.25) is 4.79 Å². The fraction of sp³-hybridized carbons (Fsp3) is 0.550. The number of ether oxygens (including phenoxy) is 1. The summed E-state index contributed by atoms with van der Waals surface area (Å²) in [5.74, 6) is -0.259. The lowest BCUT2D eigenvalue weighted by atomic mass is 9.87. The summed E-state index contributed by atoms with van der Waals surface area (Å²) in [6, 6.07) is 7.25. The molecule has 29 heavy (non-hydrogen) atoms. The first-order valence-corrected chi connectivity index (χ1v) is 11.1. The monoisotopic (exact) mass is 421 g/mol. The lowest BCUT2D eigenvalue weighted by Gasteiger charge is -2.33. The maximum absolute atomic E-state index is 12.3. The SMILES string of the molecule is CC1CCC(N(C)C(=O)COC(=O)c2ccc(S(=O)(=O)NCCC#N)cc2)CC1. The summed E-state index contributed by atoms with van der Waals surface area (Å²) < 4.78 is 31.5. The van der Waals surface area contributed by atoms with Crippen molar-refractivity contribution in [2.24, 2.45) is 5.92 Å². The highest BCUT2D eigenvalue weighted by Gasteiger charge is 2.25. The number of rotatable bonds is 8. The van der Waals surface area contributed by atoms with Crippen molar-refractivity contribution in [2.45, 2.75) is 50.0 Å². The van der Waals surface area contributed by atoms with Crippen molar-refractivity contribution < 1.29 is 22.7 Å². The fourth-order valence-corrected chi connectivity index (χ4v) is 4.27. The predicted octanol–water partition coefficient (Wildman–Crippen LogP) is 2.07. The van der Waals surface area contributed by atoms with Gasteiger partial charge in [-0.2, -0.15) is 5.26 Å². The zero-order valence-corrected chi connectivity index (χ0v) is 17.6. The molecular formula is C20H27N3O5S. The van der Waals surface area contributed by atoms with Crippen LogP contribution in [0.3, 0.4) is 0 Å². The molecule has 0 saturated heterocycles. The second-order valence-corrected chi connectivity index (χ2v) is 9.09. The van der Waals surface area contributed by atoms with Crippen LogP contribution in [0.25, 0.3) is 0 Å². The molecule has 1 aromatic rings. The minimum Gasteiger partial charge on any atom is -0.452 e. The number of hydrogen-bond donors (Lipinski definition) is 1. The molecule has 0 spiro atoms. The van der Waals surface area contributed by atoms with Crippen LogP contribution >= 0.6 is 0 Å². The van der Waals surface area contributed by atoms with E-state index in [1.807, 2.05) is 6.07 Å². The van der Waals surface area contributed by atoms with Crippen LogP contribution in [-0.2, 0) is 19.6 Å². The number of esters is 1. The Labute approximate surface area is 171 Å². The van der Waals surface area contributed by atoms with Gasteiger partial charge in [-0.05, 0) is 55.9 Å². The van der Waals surface area contributed by atoms with Crippen molar-refractivity contribution in [1.29, 1.82) is 5.26 Å². The van der Waals surface area contributed by atoms with E-state index in [1.165, 1.54) is 24.3 Å². The highest BCUT2D eigenvalue weighted by atomic mass is 32.2. The third-order valence-corrected chi connectivity index (χ3v) is 6.66. The zero-order valence-electron chi connectivity index (χ0n) is 16.8. The molecule has 0 aliphatic heterocycles. The van der Waals surface area contributed by atoms with E-state index in [-0.39, 0.29) is 42.0 Å². The molecule has 0 unspecified atom stereocenters. The lowest BCUT2D eigenvalue weighted by molar-refractivity contribution is -0.136. The van der Waals surface area contributed by atoms with Crippen LogP contribution in [0, 0.1) is 17.2 Å². The molecule has 1 aromatic carbocycles. The molecule has 0 atom stereocenters. The van der Waals surface area contributed by atoms with Gasteiger partial charge in [0.1, 0.15) is 0 Å². The maximum atomic E-state index is 12.3. The Morgan fingerprint density at radius 2 is 1.83 bits per heavy atom. The smallest absolute Gasteiger partial charge is 0.338 e. The molecule has 0 bridgehead atoms. The summed E-state index contributed by atoms with van der Waals surface area (Å²) in [6.07, 6.45) is 4.14. The number of sulfonamides is 1. The van der Waals surface area contributed by atoms with Gasteiger partial charge < -0.3 is 9.64 Å². The normalized spacial score (nSPS) is 19.2. The summed E-state index contributed by atoms with van der Waals surface area (Å²) >= 11 is 0. The zero-order chi connectivity index (χ0) is 21.4. The predicted molar refractivity (Wildman–Crippen MR) is 106 cm³/mol. The average Bonchev–Trinajstić information content (AvgIpc) is 2.72. The third kappa shape index (κ3) is 6.54. The van der Waals surface area contributed by atoms with Crippen molar-refractivity contribution in [3.63, 3.8) is 0 Å². The van der Waals surface area contributed by atoms with E-state index < -0.39 is 16.0 Å². The standard InChI is InChI=1S/C20H27N3O5S/c1-15-4-8-17(9-5-15)23(2)19(24)14-28-20(25)16-6-10-18(11-7-16)29(26,27)22-13-3-12-21/h6-7,10-11,15,17,22H,3-5,8-9,13-14H2,1-2H3. The molecule has 2 rings (SSSR count). The number of nitrogens with zero attached hydrogens (tertiary/aromatic N) is 2. The molecule has 0 aromatic heterocycles. The first kappa shape index (κ1) is 22.8. The number of benzene rings is 1. The molecule has 1 amide bonds. The lowest BCUT2D eigenvalue weighted by Crippen LogP contribution is -2.41. The number of amides is 1. The Bertz CT molecular complexity index is 853. The Morgan fingerprint density at radius 3 is 2.41 bits per heavy atom. The fourth-order valence-electron chi connectivity index (χ4n) is 3.24. The van der Waals surface area contributed by atoms with Gasteiger partial charge in [-0.15, -0.1) is 0 Å². The van der Waals surface area contributed by atoms with Gasteiger partial charge in [0.05, 0.1) is 16.5 Å². The largest absolute Gasteiger partial charge is 0.452 e. The van der Waals surface area contributed by atoms with Gasteiger partial charge in [0, 0.05) is 26.1 Å². The van der Waals surface area contributed by atoms with E-state index in [0.717, 1.165) is 25.7 Å². The number of hydrogen-bond acceptors (Lipinski definition) is 6. The van der Waals surface area contributed by atoms with E-state index in [0.29, 0.717) is 5.92 Å². The van der Waals surface area contributed by atoms with Gasteiger partial charge in [0.15, 0.2) is 6.61 Å². The molecule has 0 radical (unpaired) electrons. The molecular weight excluding hydrogens is 394 g/mol. The number of nitriles is 1. The average molecular weight is 422 g/mol. The summed E-state index contributed by atoms with van der Waals surface area (Å²) in [7, 11) is -2.01. The van der Waals surface area contributed by atoms with Crippen molar-refractivity contribution in [1.82, 2.24) is 9.62 Å². The van der Waals surface area contributed by atoms with Gasteiger partial charge in [-0.25, -0.2) is 17.9 Å². The topological polar surface area (TPSA) is 117 Å². The van der Waals surface area contributed by atoms with Crippen LogP contribution in [0.1, 0.15) is 49.4 Å². The summed E-state index contributed by atoms with van der Waals surface area (Å²) in [4.78, 5) is 26.1. The van der Waals surface area contributed by atoms with Crippen LogP contribution in [0.2, 0.25) is 0 Å². The van der Waals surface area contributed by atoms with Crippen molar-refractivity contribution in [3.05, 3.63) is 29.8 Å². The Kier molecular flexibility index (Phi) is 8.17. The Hall–Kier alpha value is -2.44. The first-order valence-electron chi connectivity index (χ1n) is 9.64. The molecule has 158 valence electrons. The second-order valence-electron chi connectivity index (χ2n) is 7.32. The number of carbonyl (C=O) groups is 2. The minimum atomic E-state index is -3.74. The van der Waals surface area contributed by atoms with E-state index in [4.69, 9.17) is 10.00 Å². The van der Waals surface area contributed by atoms with E-state index in [1.54, 1.807) is 11.9 Å². The molecule has 1 fully saturated rings. The van der Waals surface area contributed by atoms with Crippen molar-refractivity contribution in [3.8, 4) is 6.07 Å². The van der Waals surface area contributed by atoms with Gasteiger partial charge >= 0.3 is 5.97 Å². The molecule has 9 heteroatoms. The summed E-state index contributed by atoms with van der Waals surface area (Å²) in [6.45, 7) is 1.87. The van der Waals surface area contributed by atoms with E-state index in [9.17, 15) is 18.0 Å². The Morgan fingerprint density at radius 1 is 1.21 bits per heavy atom. The van der Waals surface area contributed by atoms with Crippen LogP contribution in [-0.4, -0.2) is 51.4 Å². The van der Waals surface area contributed by atoms with Crippen LogP contribution < -0.4 is 4.72 Å².